The number of aryl methyl sites for hydroxylation is 8. The van der Waals surface area contributed by atoms with E-state index in [1.54, 1.807) is 0 Å². The molecule has 0 fully saturated rings. The monoisotopic (exact) mass is 1670 g/mol. The maximum Gasteiger partial charge on any atom is 0.135 e. The summed E-state index contributed by atoms with van der Waals surface area (Å²) in [6, 6.07) is 122. The summed E-state index contributed by atoms with van der Waals surface area (Å²) in [4.78, 5) is 0. The minimum Gasteiger partial charge on any atom is -0.456 e. The van der Waals surface area contributed by atoms with E-state index in [-0.39, 0.29) is 0 Å². The standard InChI is InChI=1S/2C16H14.2C14H12O.3C10H8.C6H6.2C6H10.8C2H6/c2*1-11-13-7-3-5-9-15(13)12(2)16-10-6-4-8-14(11)16;2*1-9-5-3-7-11-13(9)14-10(2)6-4-8-12(14)15-11;3*1-2-6-10-8-4-3-7-9(10)5-1;1-2-4-6-5-3-1;2*1-3-5-6-4-2;8*1-2/h2*3-10H,1-2H3;2*3-8H,1-2H3;3*1-8H;1-6H;2*3-6H,1-2H3;8*1-2H3/b;;;;;;;;2*5-3-,6-4-;;;;;;;;. The van der Waals surface area contributed by atoms with Crippen molar-refractivity contribution in [2.75, 3.05) is 0 Å². The summed E-state index contributed by atoms with van der Waals surface area (Å²) in [7, 11) is 0. The van der Waals surface area contributed by atoms with E-state index in [2.05, 4.69) is 322 Å². The van der Waals surface area contributed by atoms with E-state index in [1.165, 1.54) is 141 Å². The van der Waals surface area contributed by atoms with Gasteiger partial charge in [-0.1, -0.05) is 487 Å². The number of fused-ring (bicyclic) bond motifs is 13. The maximum atomic E-state index is 5.81. The van der Waals surface area contributed by atoms with Crippen molar-refractivity contribution in [3.8, 4) is 0 Å². The lowest BCUT2D eigenvalue weighted by atomic mass is 9.93. The van der Waals surface area contributed by atoms with Gasteiger partial charge in [-0.25, -0.2) is 0 Å². The molecule has 19 rings (SSSR count). The first kappa shape index (κ1) is 109. The largest absolute Gasteiger partial charge is 0.456 e. The fraction of sp³-hybridized carbons (Fsp3) is 0.226. The molecule has 2 nitrogen and oxygen atoms in total. The molecule has 0 atom stereocenters. The first-order valence-electron chi connectivity index (χ1n) is 46.1. The SMILES string of the molecule is C/C=C\C=C/C.C/C=C\C=C/C.CC.CC.CC.CC.CC.CC.CC.CC.Cc1c2ccccc2c(C)c2ccccc12.Cc1c2ccccc2c(C)c2ccccc12.Cc1cccc2oc3cccc(C)c3c12.Cc1cccc2oc3cccc(C)c3c12.c1ccc2ccccc2c1.c1ccc2ccccc2c1.c1ccc2ccccc2c1.c1ccccc1. The molecule has 0 spiro atoms. The first-order chi connectivity index (χ1) is 61.8. The molecular weight excluding hydrogens is 1520 g/mol. The summed E-state index contributed by atoms with van der Waals surface area (Å²) < 4.78 is 11.6. The average molecular weight is 1670 g/mol. The number of hydrogen-bond acceptors (Lipinski definition) is 2. The Morgan fingerprint density at radius 3 is 0.405 bits per heavy atom. The molecule has 17 aromatic carbocycles. The van der Waals surface area contributed by atoms with Crippen LogP contribution in [0.15, 0.2) is 409 Å². The smallest absolute Gasteiger partial charge is 0.135 e. The molecule has 126 heavy (non-hydrogen) atoms. The predicted octanol–water partition coefficient (Wildman–Crippen LogP) is 40.3. The molecule has 658 valence electrons. The van der Waals surface area contributed by atoms with E-state index >= 15 is 0 Å². The molecule has 0 amide bonds. The summed E-state index contributed by atoms with van der Waals surface area (Å²) in [5, 5.41) is 23.9. The van der Waals surface area contributed by atoms with Crippen LogP contribution in [-0.2, 0) is 0 Å². The highest BCUT2D eigenvalue weighted by molar-refractivity contribution is 6.10. The number of benzene rings is 17. The summed E-state index contributed by atoms with van der Waals surface area (Å²) in [5.74, 6) is 0. The minimum atomic E-state index is 0.985. The molecule has 0 aliphatic rings. The van der Waals surface area contributed by atoms with Crippen molar-refractivity contribution in [2.45, 2.75) is 194 Å². The van der Waals surface area contributed by atoms with Crippen LogP contribution in [0.2, 0.25) is 0 Å². The Labute approximate surface area is 761 Å². The van der Waals surface area contributed by atoms with E-state index < -0.39 is 0 Å². The van der Waals surface area contributed by atoms with Crippen molar-refractivity contribution >= 4 is 119 Å². The third-order valence-corrected chi connectivity index (χ3v) is 19.5. The van der Waals surface area contributed by atoms with Crippen LogP contribution in [0.3, 0.4) is 0 Å². The Morgan fingerprint density at radius 1 is 0.151 bits per heavy atom. The lowest BCUT2D eigenvalue weighted by Crippen LogP contribution is -1.87. The van der Waals surface area contributed by atoms with Crippen LogP contribution in [0, 0.1) is 55.4 Å². The number of hydrogen-bond donors (Lipinski definition) is 0. The van der Waals surface area contributed by atoms with Gasteiger partial charge < -0.3 is 8.83 Å². The third-order valence-electron chi connectivity index (χ3n) is 19.5. The molecule has 2 heterocycles. The van der Waals surface area contributed by atoms with Gasteiger partial charge in [-0.15, -0.1) is 0 Å². The number of furan rings is 2. The lowest BCUT2D eigenvalue weighted by Gasteiger charge is -2.11. The zero-order chi connectivity index (χ0) is 93.4. The van der Waals surface area contributed by atoms with Gasteiger partial charge in [-0.3, -0.25) is 0 Å². The van der Waals surface area contributed by atoms with Crippen LogP contribution in [0.25, 0.3) is 119 Å². The van der Waals surface area contributed by atoms with Gasteiger partial charge in [0.15, 0.2) is 0 Å². The molecule has 0 aliphatic carbocycles. The van der Waals surface area contributed by atoms with E-state index in [0.717, 1.165) is 22.3 Å². The fourth-order valence-electron chi connectivity index (χ4n) is 13.8. The van der Waals surface area contributed by atoms with Crippen molar-refractivity contribution in [3.63, 3.8) is 0 Å². The van der Waals surface area contributed by atoms with Crippen LogP contribution in [0.4, 0.5) is 0 Å². The van der Waals surface area contributed by atoms with Gasteiger partial charge >= 0.3 is 0 Å². The van der Waals surface area contributed by atoms with Gasteiger partial charge in [0.25, 0.3) is 0 Å². The first-order valence-corrected chi connectivity index (χ1v) is 46.1. The van der Waals surface area contributed by atoms with Gasteiger partial charge in [0.05, 0.1) is 0 Å². The zero-order valence-electron chi connectivity index (χ0n) is 81.9. The molecule has 0 radical (unpaired) electrons. The minimum absolute atomic E-state index is 0.985. The highest BCUT2D eigenvalue weighted by Gasteiger charge is 2.13. The Kier molecular flexibility index (Phi) is 57.0. The van der Waals surface area contributed by atoms with E-state index in [4.69, 9.17) is 8.83 Å². The van der Waals surface area contributed by atoms with Gasteiger partial charge in [0.1, 0.15) is 22.3 Å². The Morgan fingerprint density at radius 2 is 0.278 bits per heavy atom. The van der Waals surface area contributed by atoms with Gasteiger partial charge in [0.2, 0.25) is 0 Å². The van der Waals surface area contributed by atoms with Crippen LogP contribution >= 0.6 is 0 Å². The molecule has 2 aromatic heterocycles. The third kappa shape index (κ3) is 33.3. The highest BCUT2D eigenvalue weighted by Crippen LogP contribution is 2.36. The normalized spacial score (nSPS) is 9.78. The van der Waals surface area contributed by atoms with Crippen molar-refractivity contribution in [1.82, 2.24) is 0 Å². The van der Waals surface area contributed by atoms with E-state index in [0.29, 0.717) is 0 Å². The average Bonchev–Trinajstić information content (AvgIpc) is 1.15. The van der Waals surface area contributed by atoms with Crippen molar-refractivity contribution in [3.05, 3.63) is 445 Å². The molecule has 0 saturated heterocycles. The van der Waals surface area contributed by atoms with Gasteiger partial charge in [-0.05, 0) is 227 Å². The Balaban J connectivity index is 0.000000472. The second-order valence-corrected chi connectivity index (χ2v) is 27.0. The van der Waals surface area contributed by atoms with E-state index in [9.17, 15) is 0 Å². The molecule has 19 aromatic rings. The zero-order valence-corrected chi connectivity index (χ0v) is 81.9. The van der Waals surface area contributed by atoms with Gasteiger partial charge in [-0.2, -0.15) is 0 Å². The number of allylic oxidation sites excluding steroid dienone is 8. The second kappa shape index (κ2) is 65.7. The lowest BCUT2D eigenvalue weighted by molar-refractivity contribution is 0.668. The maximum absolute atomic E-state index is 5.81. The fourth-order valence-corrected chi connectivity index (χ4v) is 13.8. The molecule has 0 unspecified atom stereocenters. The molecule has 0 saturated carbocycles. The van der Waals surface area contributed by atoms with E-state index in [1.807, 2.05) is 272 Å². The summed E-state index contributed by atoms with van der Waals surface area (Å²) in [6.07, 6.45) is 16.0. The number of rotatable bonds is 2. The van der Waals surface area contributed by atoms with Crippen molar-refractivity contribution in [2.24, 2.45) is 0 Å². The summed E-state index contributed by atoms with van der Waals surface area (Å²) in [6.45, 7) is 57.4. The quantitative estimate of drug-likeness (QED) is 0.127. The molecule has 0 bridgehead atoms. The predicted molar refractivity (Wildman–Crippen MR) is 577 cm³/mol. The van der Waals surface area contributed by atoms with Crippen LogP contribution in [0.5, 0.6) is 0 Å². The van der Waals surface area contributed by atoms with Crippen LogP contribution in [0.1, 0.15) is 183 Å². The summed E-state index contributed by atoms with van der Waals surface area (Å²) >= 11 is 0. The topological polar surface area (TPSA) is 26.3 Å². The Bertz CT molecular complexity index is 5230. The molecular formula is C124H150O2. The van der Waals surface area contributed by atoms with Crippen molar-refractivity contribution in [1.29, 1.82) is 0 Å². The van der Waals surface area contributed by atoms with Gasteiger partial charge in [0, 0.05) is 21.5 Å². The van der Waals surface area contributed by atoms with Crippen molar-refractivity contribution < 1.29 is 8.83 Å². The van der Waals surface area contributed by atoms with Crippen LogP contribution < -0.4 is 0 Å². The Hall–Kier alpha value is -12.9. The molecule has 0 N–H and O–H groups in total. The van der Waals surface area contributed by atoms with Crippen LogP contribution in [-0.4, -0.2) is 0 Å². The molecule has 0 aliphatic heterocycles. The summed E-state index contributed by atoms with van der Waals surface area (Å²) in [5.41, 5.74) is 14.6. The second-order valence-electron chi connectivity index (χ2n) is 27.0. The molecule has 2 heteroatoms. The highest BCUT2D eigenvalue weighted by atomic mass is 16.3.